The van der Waals surface area contributed by atoms with Crippen molar-refractivity contribution in [1.82, 2.24) is 20.9 Å². The van der Waals surface area contributed by atoms with Gasteiger partial charge in [0.1, 0.15) is 24.4 Å². The molecule has 0 aromatic heterocycles. The van der Waals surface area contributed by atoms with Crippen LogP contribution in [0.2, 0.25) is 0 Å². The third-order valence-corrected chi connectivity index (χ3v) is 8.18. The van der Waals surface area contributed by atoms with Crippen molar-refractivity contribution >= 4 is 28.5 Å². The summed E-state index contributed by atoms with van der Waals surface area (Å²) in [6.07, 6.45) is 4.01. The molecule has 0 saturated carbocycles. The highest BCUT2D eigenvalue weighted by Gasteiger charge is 2.37. The minimum atomic E-state index is -0.744. The SMILES string of the molecule is CCC(CC)C(=O)N1CCCC1C(=O)NC(Cc1ccc2ccccc2c1)C(=O)NCCCNCCOc1ccccc1. The Hall–Kier alpha value is -3.91. The average Bonchev–Trinajstić information content (AvgIpc) is 3.53. The van der Waals surface area contributed by atoms with Crippen molar-refractivity contribution in [2.24, 2.45) is 5.92 Å². The molecular formula is C35H46N4O4. The van der Waals surface area contributed by atoms with Gasteiger partial charge in [-0.25, -0.2) is 0 Å². The summed E-state index contributed by atoms with van der Waals surface area (Å²) in [6, 6.07) is 22.6. The first-order chi connectivity index (χ1) is 21.0. The molecule has 8 nitrogen and oxygen atoms in total. The highest BCUT2D eigenvalue weighted by atomic mass is 16.5. The number of fused-ring (bicyclic) bond motifs is 1. The Labute approximate surface area is 255 Å². The summed E-state index contributed by atoms with van der Waals surface area (Å²) in [6.45, 7) is 7.08. The second kappa shape index (κ2) is 16.7. The summed E-state index contributed by atoms with van der Waals surface area (Å²) in [4.78, 5) is 41.9. The molecule has 3 N–H and O–H groups in total. The van der Waals surface area contributed by atoms with Crippen LogP contribution in [0.25, 0.3) is 10.8 Å². The van der Waals surface area contributed by atoms with E-state index in [1.165, 1.54) is 0 Å². The number of ether oxygens (including phenoxy) is 1. The van der Waals surface area contributed by atoms with Gasteiger partial charge in [-0.2, -0.15) is 0 Å². The number of hydrogen-bond donors (Lipinski definition) is 3. The van der Waals surface area contributed by atoms with E-state index >= 15 is 0 Å². The molecule has 1 aliphatic heterocycles. The van der Waals surface area contributed by atoms with Crippen LogP contribution in [0.4, 0.5) is 0 Å². The number of hydrogen-bond acceptors (Lipinski definition) is 5. The number of nitrogens with zero attached hydrogens (tertiary/aromatic N) is 1. The molecule has 0 aliphatic carbocycles. The fraction of sp³-hybridized carbons (Fsp3) is 0.457. The van der Waals surface area contributed by atoms with Crippen LogP contribution in [0.15, 0.2) is 72.8 Å². The van der Waals surface area contributed by atoms with Gasteiger partial charge in [-0.15, -0.1) is 0 Å². The lowest BCUT2D eigenvalue weighted by Gasteiger charge is -2.29. The number of rotatable bonds is 16. The summed E-state index contributed by atoms with van der Waals surface area (Å²) in [5, 5.41) is 11.6. The van der Waals surface area contributed by atoms with E-state index in [0.29, 0.717) is 39.1 Å². The molecule has 2 atom stereocenters. The lowest BCUT2D eigenvalue weighted by atomic mass is 10.00. The molecule has 3 aromatic carbocycles. The topological polar surface area (TPSA) is 99.8 Å². The third-order valence-electron chi connectivity index (χ3n) is 8.18. The summed E-state index contributed by atoms with van der Waals surface area (Å²) >= 11 is 0. The number of para-hydroxylation sites is 1. The largest absolute Gasteiger partial charge is 0.492 e. The number of likely N-dealkylation sites (tertiary alicyclic amines) is 1. The van der Waals surface area contributed by atoms with E-state index in [1.807, 2.05) is 74.5 Å². The Bertz CT molecular complexity index is 1330. The zero-order valence-electron chi connectivity index (χ0n) is 25.5. The predicted octanol–water partition coefficient (Wildman–Crippen LogP) is 4.47. The molecule has 1 saturated heterocycles. The van der Waals surface area contributed by atoms with Crippen molar-refractivity contribution in [1.29, 1.82) is 0 Å². The van der Waals surface area contributed by atoms with Gasteiger partial charge in [0.15, 0.2) is 0 Å². The molecule has 1 heterocycles. The van der Waals surface area contributed by atoms with Crippen molar-refractivity contribution in [2.45, 2.75) is 64.5 Å². The van der Waals surface area contributed by atoms with Crippen LogP contribution in [0.3, 0.4) is 0 Å². The van der Waals surface area contributed by atoms with E-state index in [2.05, 4.69) is 28.1 Å². The van der Waals surface area contributed by atoms with Crippen molar-refractivity contribution < 1.29 is 19.1 Å². The number of carbonyl (C=O) groups is 3. The van der Waals surface area contributed by atoms with Gasteiger partial charge in [0.25, 0.3) is 0 Å². The molecule has 3 amide bonds. The first kappa shape index (κ1) is 32.0. The van der Waals surface area contributed by atoms with Crippen LogP contribution in [0, 0.1) is 5.92 Å². The lowest BCUT2D eigenvalue weighted by molar-refractivity contribution is -0.142. The first-order valence-electron chi connectivity index (χ1n) is 15.7. The highest BCUT2D eigenvalue weighted by molar-refractivity contribution is 5.93. The highest BCUT2D eigenvalue weighted by Crippen LogP contribution is 2.23. The zero-order valence-corrected chi connectivity index (χ0v) is 25.5. The van der Waals surface area contributed by atoms with Gasteiger partial charge in [-0.3, -0.25) is 14.4 Å². The lowest BCUT2D eigenvalue weighted by Crippen LogP contribution is -2.54. The second-order valence-electron chi connectivity index (χ2n) is 11.2. The van der Waals surface area contributed by atoms with Crippen LogP contribution >= 0.6 is 0 Å². The summed E-state index contributed by atoms with van der Waals surface area (Å²) in [7, 11) is 0. The van der Waals surface area contributed by atoms with Gasteiger partial charge < -0.3 is 25.6 Å². The molecule has 1 fully saturated rings. The molecule has 1 aliphatic rings. The molecule has 8 heteroatoms. The number of amides is 3. The number of nitrogens with one attached hydrogen (secondary N) is 3. The molecule has 230 valence electrons. The summed E-state index contributed by atoms with van der Waals surface area (Å²) in [5.74, 6) is 0.336. The molecule has 43 heavy (non-hydrogen) atoms. The molecule has 3 aromatic rings. The molecule has 2 unspecified atom stereocenters. The molecule has 0 spiro atoms. The zero-order chi connectivity index (χ0) is 30.4. The first-order valence-corrected chi connectivity index (χ1v) is 15.7. The van der Waals surface area contributed by atoms with Crippen molar-refractivity contribution in [3.63, 3.8) is 0 Å². The maximum Gasteiger partial charge on any atom is 0.243 e. The van der Waals surface area contributed by atoms with Gasteiger partial charge in [-0.05, 0) is 67.1 Å². The van der Waals surface area contributed by atoms with Gasteiger partial charge >= 0.3 is 0 Å². The Morgan fingerprint density at radius 2 is 1.65 bits per heavy atom. The Balaban J connectivity index is 1.33. The molecular weight excluding hydrogens is 540 g/mol. The summed E-state index contributed by atoms with van der Waals surface area (Å²) in [5.41, 5.74) is 0.968. The fourth-order valence-electron chi connectivity index (χ4n) is 5.69. The van der Waals surface area contributed by atoms with Crippen molar-refractivity contribution in [3.8, 4) is 5.75 Å². The van der Waals surface area contributed by atoms with Crippen molar-refractivity contribution in [3.05, 3.63) is 78.4 Å². The smallest absolute Gasteiger partial charge is 0.243 e. The summed E-state index contributed by atoms with van der Waals surface area (Å²) < 4.78 is 5.70. The van der Waals surface area contributed by atoms with E-state index in [1.54, 1.807) is 4.90 Å². The van der Waals surface area contributed by atoms with E-state index < -0.39 is 12.1 Å². The second-order valence-corrected chi connectivity index (χ2v) is 11.2. The Morgan fingerprint density at radius 1 is 0.907 bits per heavy atom. The van der Waals surface area contributed by atoms with E-state index in [-0.39, 0.29) is 23.6 Å². The average molecular weight is 587 g/mol. The van der Waals surface area contributed by atoms with Crippen molar-refractivity contribution in [2.75, 3.05) is 32.8 Å². The van der Waals surface area contributed by atoms with E-state index in [9.17, 15) is 14.4 Å². The Morgan fingerprint density at radius 3 is 2.42 bits per heavy atom. The fourth-order valence-corrected chi connectivity index (χ4v) is 5.69. The van der Waals surface area contributed by atoms with Crippen LogP contribution < -0.4 is 20.7 Å². The normalized spacial score (nSPS) is 15.4. The minimum absolute atomic E-state index is 0.0415. The standard InChI is InChI=1S/C35H46N4O4/c1-3-27(4-2)35(42)39-22-10-16-32(39)34(41)38-31(25-26-17-18-28-12-8-9-13-29(28)24-26)33(40)37-20-11-19-36-21-23-43-30-14-6-5-7-15-30/h5-9,12-15,17-18,24,27,31-32,36H,3-4,10-11,16,19-23,25H2,1-2H3,(H,37,40)(H,38,41). The van der Waals surface area contributed by atoms with Gasteiger partial charge in [0.05, 0.1) is 0 Å². The third kappa shape index (κ3) is 9.29. The molecule has 0 radical (unpaired) electrons. The number of carbonyl (C=O) groups excluding carboxylic acids is 3. The monoisotopic (exact) mass is 586 g/mol. The molecule has 4 rings (SSSR count). The van der Waals surface area contributed by atoms with Gasteiger partial charge in [0, 0.05) is 32.0 Å². The van der Waals surface area contributed by atoms with Crippen LogP contribution in [-0.4, -0.2) is 67.5 Å². The maximum absolute atomic E-state index is 13.5. The van der Waals surface area contributed by atoms with E-state index in [4.69, 9.17) is 4.74 Å². The van der Waals surface area contributed by atoms with Gasteiger partial charge in [-0.1, -0.05) is 74.5 Å². The Kier molecular flexibility index (Phi) is 12.4. The van der Waals surface area contributed by atoms with Crippen LogP contribution in [-0.2, 0) is 20.8 Å². The number of benzene rings is 3. The van der Waals surface area contributed by atoms with E-state index in [0.717, 1.165) is 54.3 Å². The predicted molar refractivity (Wildman–Crippen MR) is 171 cm³/mol. The van der Waals surface area contributed by atoms with Crippen LogP contribution in [0.1, 0.15) is 51.5 Å². The quantitative estimate of drug-likeness (QED) is 0.215. The maximum atomic E-state index is 13.5. The van der Waals surface area contributed by atoms with Crippen LogP contribution in [0.5, 0.6) is 5.75 Å². The minimum Gasteiger partial charge on any atom is -0.492 e. The molecule has 0 bridgehead atoms. The van der Waals surface area contributed by atoms with Gasteiger partial charge in [0.2, 0.25) is 17.7 Å².